The summed E-state index contributed by atoms with van der Waals surface area (Å²) in [6, 6.07) is 8.67. The average Bonchev–Trinajstić information content (AvgIpc) is 3.17. The van der Waals surface area contributed by atoms with Crippen molar-refractivity contribution in [2.24, 2.45) is 5.92 Å². The van der Waals surface area contributed by atoms with Crippen molar-refractivity contribution in [3.8, 4) is 0 Å². The molecule has 2 atom stereocenters. The number of fused-ring (bicyclic) bond motifs is 1. The number of likely N-dealkylation sites (tertiary alicyclic amines) is 1. The van der Waals surface area contributed by atoms with Crippen LogP contribution >= 0.6 is 0 Å². The Labute approximate surface area is 149 Å². The van der Waals surface area contributed by atoms with Crippen LogP contribution in [0.5, 0.6) is 0 Å². The van der Waals surface area contributed by atoms with Crippen LogP contribution in [0, 0.1) is 5.92 Å². The lowest BCUT2D eigenvalue weighted by atomic mass is 9.88. The van der Waals surface area contributed by atoms with Crippen molar-refractivity contribution in [2.75, 3.05) is 32.8 Å². The van der Waals surface area contributed by atoms with E-state index in [-0.39, 0.29) is 18.2 Å². The second-order valence-electron chi connectivity index (χ2n) is 7.46. The highest BCUT2D eigenvalue weighted by atomic mass is 16.7. The Hall–Kier alpha value is -1.43. The molecule has 5 nitrogen and oxygen atoms in total. The molecule has 1 aromatic carbocycles. The summed E-state index contributed by atoms with van der Waals surface area (Å²) in [5.74, 6) is 0.523. The Bertz CT molecular complexity index is 600. The molecule has 0 aromatic heterocycles. The Morgan fingerprint density at radius 1 is 1.16 bits per heavy atom. The summed E-state index contributed by atoms with van der Waals surface area (Å²) < 4.78 is 11.3. The molecule has 5 heteroatoms. The maximum atomic E-state index is 12.6. The van der Waals surface area contributed by atoms with E-state index in [1.165, 1.54) is 11.1 Å². The fraction of sp³-hybridized carbons (Fsp3) is 0.650. The molecule has 0 spiro atoms. The van der Waals surface area contributed by atoms with Crippen molar-refractivity contribution < 1.29 is 14.3 Å². The topological polar surface area (TPSA) is 50.8 Å². The summed E-state index contributed by atoms with van der Waals surface area (Å²) in [6.07, 6.45) is 5.46. The molecule has 136 valence electrons. The lowest BCUT2D eigenvalue weighted by Crippen LogP contribution is -2.46. The predicted molar refractivity (Wildman–Crippen MR) is 95.1 cm³/mol. The molecular weight excluding hydrogens is 316 g/mol. The first-order valence-electron chi connectivity index (χ1n) is 9.62. The Balaban J connectivity index is 1.32. The Morgan fingerprint density at radius 3 is 2.88 bits per heavy atom. The number of hydrogen-bond donors (Lipinski definition) is 1. The first kappa shape index (κ1) is 17.0. The van der Waals surface area contributed by atoms with E-state index in [0.717, 1.165) is 45.2 Å². The number of nitrogens with zero attached hydrogens (tertiary/aromatic N) is 1. The van der Waals surface area contributed by atoms with Crippen LogP contribution in [0.2, 0.25) is 0 Å². The van der Waals surface area contributed by atoms with Crippen LogP contribution in [-0.4, -0.2) is 49.9 Å². The third-order valence-electron chi connectivity index (χ3n) is 5.65. The minimum absolute atomic E-state index is 0.0731. The molecule has 25 heavy (non-hydrogen) atoms. The van der Waals surface area contributed by atoms with Gasteiger partial charge in [-0.25, -0.2) is 0 Å². The van der Waals surface area contributed by atoms with Crippen LogP contribution < -0.4 is 5.32 Å². The fourth-order valence-electron chi connectivity index (χ4n) is 4.45. The molecular formula is C20H28N2O3. The minimum Gasteiger partial charge on any atom is -0.350 e. The molecule has 4 rings (SSSR count). The van der Waals surface area contributed by atoms with Crippen molar-refractivity contribution in [3.63, 3.8) is 0 Å². The molecule has 0 radical (unpaired) electrons. The van der Waals surface area contributed by atoms with Crippen LogP contribution in [0.1, 0.15) is 42.9 Å². The molecule has 0 saturated carbocycles. The average molecular weight is 344 g/mol. The van der Waals surface area contributed by atoms with E-state index in [2.05, 4.69) is 34.5 Å². The molecule has 2 fully saturated rings. The van der Waals surface area contributed by atoms with Crippen molar-refractivity contribution in [1.82, 2.24) is 10.2 Å². The molecule has 0 bridgehead atoms. The first-order valence-corrected chi connectivity index (χ1v) is 9.62. The molecule has 1 aliphatic carbocycles. The zero-order valence-corrected chi connectivity index (χ0v) is 14.8. The third kappa shape index (κ3) is 4.05. The fourth-order valence-corrected chi connectivity index (χ4v) is 4.45. The summed E-state index contributed by atoms with van der Waals surface area (Å²) >= 11 is 0. The number of hydrogen-bond acceptors (Lipinski definition) is 4. The molecule has 2 saturated heterocycles. The molecule has 1 aromatic rings. The predicted octanol–water partition coefficient (Wildman–Crippen LogP) is 2.27. The van der Waals surface area contributed by atoms with Gasteiger partial charge in [0, 0.05) is 12.5 Å². The Morgan fingerprint density at radius 2 is 2.00 bits per heavy atom. The summed E-state index contributed by atoms with van der Waals surface area (Å²) in [5.41, 5.74) is 2.68. The minimum atomic E-state index is -0.0731. The number of carbonyl (C=O) groups is 1. The smallest absolute Gasteiger partial charge is 0.234 e. The number of rotatable bonds is 4. The second-order valence-corrected chi connectivity index (χ2v) is 7.46. The maximum Gasteiger partial charge on any atom is 0.234 e. The van der Waals surface area contributed by atoms with E-state index in [9.17, 15) is 4.79 Å². The standard InChI is InChI=1S/C20H28N2O3/c23-19(21-18-9-3-6-15-5-1-2-8-17(15)18)14-22-10-4-7-16(13-22)20-24-11-12-25-20/h1-2,5,8,16,18,20H,3-4,6-7,9-14H2,(H,21,23)/t16-,18-/m0/s1. The maximum absolute atomic E-state index is 12.6. The highest BCUT2D eigenvalue weighted by Gasteiger charge is 2.32. The van der Waals surface area contributed by atoms with Crippen molar-refractivity contribution >= 4 is 5.91 Å². The first-order chi connectivity index (χ1) is 12.3. The SMILES string of the molecule is O=C(CN1CCC[C@H](C2OCCO2)C1)N[C@H]1CCCc2ccccc21. The molecule has 1 N–H and O–H groups in total. The lowest BCUT2D eigenvalue weighted by molar-refractivity contribution is -0.126. The zero-order chi connectivity index (χ0) is 17.1. The van der Waals surface area contributed by atoms with Gasteiger partial charge in [-0.1, -0.05) is 24.3 Å². The van der Waals surface area contributed by atoms with Crippen molar-refractivity contribution in [1.29, 1.82) is 0 Å². The molecule has 2 heterocycles. The lowest BCUT2D eigenvalue weighted by Gasteiger charge is -2.34. The quantitative estimate of drug-likeness (QED) is 0.910. The van der Waals surface area contributed by atoms with Crippen molar-refractivity contribution in [2.45, 2.75) is 44.4 Å². The number of ether oxygens (including phenoxy) is 2. The highest BCUT2D eigenvalue weighted by molar-refractivity contribution is 5.78. The largest absolute Gasteiger partial charge is 0.350 e. The molecule has 1 amide bonds. The van der Waals surface area contributed by atoms with Crippen LogP contribution in [0.3, 0.4) is 0 Å². The number of piperidine rings is 1. The number of aryl methyl sites for hydroxylation is 1. The van der Waals surface area contributed by atoms with Gasteiger partial charge in [0.05, 0.1) is 25.8 Å². The van der Waals surface area contributed by atoms with E-state index in [1.807, 2.05) is 0 Å². The van der Waals surface area contributed by atoms with Crippen LogP contribution in [-0.2, 0) is 20.7 Å². The van der Waals surface area contributed by atoms with Crippen LogP contribution in [0.15, 0.2) is 24.3 Å². The second kappa shape index (κ2) is 7.85. The monoisotopic (exact) mass is 344 g/mol. The van der Waals surface area contributed by atoms with Gasteiger partial charge in [-0.05, 0) is 49.8 Å². The normalized spacial score (nSPS) is 27.8. The van der Waals surface area contributed by atoms with Gasteiger partial charge in [0.25, 0.3) is 0 Å². The van der Waals surface area contributed by atoms with Gasteiger partial charge < -0.3 is 14.8 Å². The van der Waals surface area contributed by atoms with Crippen LogP contribution in [0.4, 0.5) is 0 Å². The molecule has 2 aliphatic heterocycles. The van der Waals surface area contributed by atoms with Gasteiger partial charge in [-0.3, -0.25) is 9.69 Å². The Kier molecular flexibility index (Phi) is 5.34. The van der Waals surface area contributed by atoms with E-state index >= 15 is 0 Å². The number of benzene rings is 1. The number of nitrogens with one attached hydrogen (secondary N) is 1. The summed E-state index contributed by atoms with van der Waals surface area (Å²) in [4.78, 5) is 14.9. The van der Waals surface area contributed by atoms with Gasteiger partial charge >= 0.3 is 0 Å². The number of carbonyl (C=O) groups excluding carboxylic acids is 1. The highest BCUT2D eigenvalue weighted by Crippen LogP contribution is 2.29. The molecule has 3 aliphatic rings. The van der Waals surface area contributed by atoms with E-state index in [1.54, 1.807) is 0 Å². The van der Waals surface area contributed by atoms with Gasteiger partial charge in [0.15, 0.2) is 6.29 Å². The summed E-state index contributed by atoms with van der Waals surface area (Å²) in [7, 11) is 0. The third-order valence-corrected chi connectivity index (χ3v) is 5.65. The summed E-state index contributed by atoms with van der Waals surface area (Å²) in [6.45, 7) is 3.74. The zero-order valence-electron chi connectivity index (χ0n) is 14.8. The summed E-state index contributed by atoms with van der Waals surface area (Å²) in [5, 5.41) is 3.26. The van der Waals surface area contributed by atoms with E-state index in [0.29, 0.717) is 25.7 Å². The van der Waals surface area contributed by atoms with Crippen LogP contribution in [0.25, 0.3) is 0 Å². The van der Waals surface area contributed by atoms with Gasteiger partial charge in [0.2, 0.25) is 5.91 Å². The van der Waals surface area contributed by atoms with E-state index in [4.69, 9.17) is 9.47 Å². The van der Waals surface area contributed by atoms with Crippen molar-refractivity contribution in [3.05, 3.63) is 35.4 Å². The van der Waals surface area contributed by atoms with Gasteiger partial charge in [0.1, 0.15) is 0 Å². The van der Waals surface area contributed by atoms with E-state index < -0.39 is 0 Å². The van der Waals surface area contributed by atoms with Gasteiger partial charge in [-0.15, -0.1) is 0 Å². The molecule has 0 unspecified atom stereocenters. The number of amides is 1. The van der Waals surface area contributed by atoms with Gasteiger partial charge in [-0.2, -0.15) is 0 Å².